The second kappa shape index (κ2) is 10.0. The lowest BCUT2D eigenvalue weighted by Gasteiger charge is -2.12. The van der Waals surface area contributed by atoms with E-state index in [9.17, 15) is 19.7 Å². The number of nitro benzene ring substituents is 1. The molecule has 4 rings (SSSR count). The molecule has 11 nitrogen and oxygen atoms in total. The predicted octanol–water partition coefficient (Wildman–Crippen LogP) is 5.37. The van der Waals surface area contributed by atoms with Crippen LogP contribution >= 0.6 is 11.6 Å². The van der Waals surface area contributed by atoms with Gasteiger partial charge in [-0.15, -0.1) is 0 Å². The minimum Gasteiger partial charge on any atom is -0.465 e. The summed E-state index contributed by atoms with van der Waals surface area (Å²) in [7, 11) is 1.28. The van der Waals surface area contributed by atoms with Crippen molar-refractivity contribution >= 4 is 63.3 Å². The molecule has 0 aliphatic heterocycles. The first-order chi connectivity index (χ1) is 16.8. The maximum atomic E-state index is 12.5. The molecule has 0 saturated heterocycles. The van der Waals surface area contributed by atoms with E-state index < -0.39 is 16.9 Å². The number of nitrogens with one attached hydrogen (secondary N) is 3. The van der Waals surface area contributed by atoms with E-state index in [0.717, 1.165) is 0 Å². The molecule has 2 amide bonds. The fourth-order valence-electron chi connectivity index (χ4n) is 3.12. The molecule has 35 heavy (non-hydrogen) atoms. The number of nitro groups is 1. The van der Waals surface area contributed by atoms with Crippen LogP contribution in [-0.4, -0.2) is 34.0 Å². The number of hydrogen-bond donors (Lipinski definition) is 3. The highest BCUT2D eigenvalue weighted by atomic mass is 35.5. The SMILES string of the molecule is COC(=O)c1ccc(Nc2nc(NC(=O)Nc3ccc(Cl)cc3)nc3ccc([N+](=O)[O-])cc23)cc1. The number of nitrogens with zero attached hydrogens (tertiary/aromatic N) is 3. The van der Waals surface area contributed by atoms with E-state index in [4.69, 9.17) is 16.3 Å². The van der Waals surface area contributed by atoms with Gasteiger partial charge in [-0.1, -0.05) is 11.6 Å². The Morgan fingerprint density at radius 2 is 1.63 bits per heavy atom. The van der Waals surface area contributed by atoms with Crippen molar-refractivity contribution in [3.8, 4) is 0 Å². The average molecular weight is 493 g/mol. The van der Waals surface area contributed by atoms with Crippen LogP contribution in [0, 0.1) is 10.1 Å². The maximum Gasteiger partial charge on any atom is 0.337 e. The lowest BCUT2D eigenvalue weighted by atomic mass is 10.2. The molecule has 1 heterocycles. The Balaban J connectivity index is 1.65. The largest absolute Gasteiger partial charge is 0.465 e. The van der Waals surface area contributed by atoms with Crippen LogP contribution in [0.5, 0.6) is 0 Å². The van der Waals surface area contributed by atoms with Gasteiger partial charge in [0.25, 0.3) is 5.69 Å². The number of anilines is 4. The van der Waals surface area contributed by atoms with Crippen LogP contribution in [0.25, 0.3) is 10.9 Å². The van der Waals surface area contributed by atoms with Crippen molar-refractivity contribution in [1.29, 1.82) is 0 Å². The Kier molecular flexibility index (Phi) is 6.69. The molecule has 3 aromatic carbocycles. The second-order valence-corrected chi connectivity index (χ2v) is 7.57. The number of halogens is 1. The highest BCUT2D eigenvalue weighted by Gasteiger charge is 2.15. The lowest BCUT2D eigenvalue weighted by molar-refractivity contribution is -0.384. The van der Waals surface area contributed by atoms with Gasteiger partial charge in [-0.2, -0.15) is 4.98 Å². The number of aromatic nitrogens is 2. The molecule has 4 aromatic rings. The first-order valence-electron chi connectivity index (χ1n) is 10.1. The molecule has 0 fully saturated rings. The molecular weight excluding hydrogens is 476 g/mol. The van der Waals surface area contributed by atoms with Crippen LogP contribution in [0.2, 0.25) is 5.02 Å². The first-order valence-corrected chi connectivity index (χ1v) is 10.5. The smallest absolute Gasteiger partial charge is 0.337 e. The van der Waals surface area contributed by atoms with E-state index in [1.54, 1.807) is 48.5 Å². The van der Waals surface area contributed by atoms with Gasteiger partial charge >= 0.3 is 12.0 Å². The van der Waals surface area contributed by atoms with Crippen molar-refractivity contribution < 1.29 is 19.2 Å². The first kappa shape index (κ1) is 23.4. The Morgan fingerprint density at radius 1 is 0.943 bits per heavy atom. The zero-order valence-corrected chi connectivity index (χ0v) is 18.9. The molecule has 0 atom stereocenters. The van der Waals surface area contributed by atoms with Crippen LogP contribution in [0.15, 0.2) is 66.7 Å². The Bertz CT molecular complexity index is 1430. The summed E-state index contributed by atoms with van der Waals surface area (Å²) in [5.41, 5.74) is 1.61. The summed E-state index contributed by atoms with van der Waals surface area (Å²) < 4.78 is 4.69. The zero-order valence-electron chi connectivity index (χ0n) is 18.1. The summed E-state index contributed by atoms with van der Waals surface area (Å²) in [5.74, 6) is -0.310. The van der Waals surface area contributed by atoms with Gasteiger partial charge in [-0.25, -0.2) is 14.6 Å². The fraction of sp³-hybridized carbons (Fsp3) is 0.0435. The number of fused-ring (bicyclic) bond motifs is 1. The lowest BCUT2D eigenvalue weighted by Crippen LogP contribution is -2.21. The molecule has 1 aromatic heterocycles. The molecule has 0 saturated carbocycles. The molecular formula is C23H17ClN6O5. The minimum absolute atomic E-state index is 0.0357. The predicted molar refractivity (Wildman–Crippen MR) is 131 cm³/mol. The number of carbonyl (C=O) groups excluding carboxylic acids is 2. The molecule has 0 aliphatic rings. The van der Waals surface area contributed by atoms with Crippen LogP contribution in [0.1, 0.15) is 10.4 Å². The second-order valence-electron chi connectivity index (χ2n) is 7.13. The number of rotatable bonds is 6. The van der Waals surface area contributed by atoms with Gasteiger partial charge in [-0.3, -0.25) is 15.4 Å². The van der Waals surface area contributed by atoms with Crippen LogP contribution in [-0.2, 0) is 4.74 Å². The highest BCUT2D eigenvalue weighted by molar-refractivity contribution is 6.30. The fourth-order valence-corrected chi connectivity index (χ4v) is 3.25. The van der Waals surface area contributed by atoms with Gasteiger partial charge in [0, 0.05) is 33.9 Å². The number of carbonyl (C=O) groups is 2. The molecule has 176 valence electrons. The quantitative estimate of drug-likeness (QED) is 0.185. The van der Waals surface area contributed by atoms with Crippen molar-refractivity contribution in [1.82, 2.24) is 9.97 Å². The molecule has 0 radical (unpaired) electrons. The summed E-state index contributed by atoms with van der Waals surface area (Å²) >= 11 is 5.86. The number of benzene rings is 3. The third-order valence-corrected chi connectivity index (χ3v) is 5.04. The summed E-state index contributed by atoms with van der Waals surface area (Å²) in [6.45, 7) is 0. The third-order valence-electron chi connectivity index (χ3n) is 4.79. The Morgan fingerprint density at radius 3 is 2.29 bits per heavy atom. The molecule has 0 aliphatic carbocycles. The van der Waals surface area contributed by atoms with Crippen molar-refractivity contribution in [2.45, 2.75) is 0 Å². The Hall–Kier alpha value is -4.77. The molecule has 0 unspecified atom stereocenters. The summed E-state index contributed by atoms with van der Waals surface area (Å²) in [6.07, 6.45) is 0. The van der Waals surface area contributed by atoms with E-state index in [-0.39, 0.29) is 17.5 Å². The third kappa shape index (κ3) is 5.60. The monoisotopic (exact) mass is 492 g/mol. The van der Waals surface area contributed by atoms with Gasteiger partial charge in [-0.05, 0) is 54.6 Å². The number of amides is 2. The van der Waals surface area contributed by atoms with Crippen molar-refractivity contribution in [3.63, 3.8) is 0 Å². The highest BCUT2D eigenvalue weighted by Crippen LogP contribution is 2.29. The van der Waals surface area contributed by atoms with Gasteiger partial charge in [0.1, 0.15) is 5.82 Å². The number of ether oxygens (including phenoxy) is 1. The van der Waals surface area contributed by atoms with Gasteiger partial charge in [0.2, 0.25) is 5.95 Å². The van der Waals surface area contributed by atoms with Crippen molar-refractivity contribution in [2.75, 3.05) is 23.1 Å². The van der Waals surface area contributed by atoms with E-state index >= 15 is 0 Å². The zero-order chi connectivity index (χ0) is 24.9. The van der Waals surface area contributed by atoms with E-state index in [1.165, 1.54) is 25.3 Å². The van der Waals surface area contributed by atoms with Crippen molar-refractivity contribution in [3.05, 3.63) is 87.4 Å². The number of non-ortho nitro benzene ring substituents is 1. The number of esters is 1. The van der Waals surface area contributed by atoms with E-state index in [2.05, 4.69) is 25.9 Å². The number of urea groups is 1. The van der Waals surface area contributed by atoms with Gasteiger partial charge < -0.3 is 15.4 Å². The van der Waals surface area contributed by atoms with E-state index in [1.807, 2.05) is 0 Å². The standard InChI is InChI=1S/C23H17ClN6O5/c1-35-21(31)13-2-6-15(7-3-13)25-20-18-12-17(30(33)34)10-11-19(18)27-22(28-20)29-23(32)26-16-8-4-14(24)5-9-16/h2-12H,1H3,(H3,25,26,27,28,29,32). The maximum absolute atomic E-state index is 12.5. The molecule has 0 bridgehead atoms. The normalized spacial score (nSPS) is 10.5. The van der Waals surface area contributed by atoms with E-state index in [0.29, 0.717) is 32.9 Å². The number of hydrogen-bond acceptors (Lipinski definition) is 8. The van der Waals surface area contributed by atoms with Gasteiger partial charge in [0.05, 0.1) is 23.1 Å². The van der Waals surface area contributed by atoms with Crippen LogP contribution in [0.4, 0.5) is 33.6 Å². The summed E-state index contributed by atoms with van der Waals surface area (Å²) in [5, 5.41) is 20.4. The topological polar surface area (TPSA) is 148 Å². The van der Waals surface area contributed by atoms with Gasteiger partial charge in [0.15, 0.2) is 0 Å². The molecule has 12 heteroatoms. The van der Waals surface area contributed by atoms with Crippen LogP contribution in [0.3, 0.4) is 0 Å². The molecule has 0 spiro atoms. The summed E-state index contributed by atoms with van der Waals surface area (Å²) in [6, 6.07) is 16.4. The minimum atomic E-state index is -0.595. The molecule has 3 N–H and O–H groups in total. The summed E-state index contributed by atoms with van der Waals surface area (Å²) in [4.78, 5) is 43.5. The Labute approximate surface area is 203 Å². The number of methoxy groups -OCH3 is 1. The average Bonchev–Trinajstić information content (AvgIpc) is 2.85. The van der Waals surface area contributed by atoms with Crippen molar-refractivity contribution in [2.24, 2.45) is 0 Å². The van der Waals surface area contributed by atoms with Crippen LogP contribution < -0.4 is 16.0 Å².